The number of halogens is 2. The normalized spacial score (nSPS) is 21.9. The summed E-state index contributed by atoms with van der Waals surface area (Å²) in [6.45, 7) is 2.07. The maximum absolute atomic E-state index is 13.9. The van der Waals surface area contributed by atoms with Gasteiger partial charge in [0, 0.05) is 11.5 Å². The summed E-state index contributed by atoms with van der Waals surface area (Å²) in [6, 6.07) is 2.60. The van der Waals surface area contributed by atoms with Gasteiger partial charge < -0.3 is 9.47 Å². The molecule has 2 atom stereocenters. The van der Waals surface area contributed by atoms with Gasteiger partial charge in [0.1, 0.15) is 0 Å². The van der Waals surface area contributed by atoms with Crippen LogP contribution in [-0.2, 0) is 9.53 Å². The Morgan fingerprint density at radius 1 is 1.29 bits per heavy atom. The zero-order chi connectivity index (χ0) is 15.4. The van der Waals surface area contributed by atoms with Crippen LogP contribution in [0.15, 0.2) is 12.1 Å². The maximum Gasteiger partial charge on any atom is 0.309 e. The highest BCUT2D eigenvalue weighted by molar-refractivity contribution is 5.74. The molecule has 5 heteroatoms. The van der Waals surface area contributed by atoms with Crippen LogP contribution in [-0.4, -0.2) is 19.7 Å². The van der Waals surface area contributed by atoms with Crippen molar-refractivity contribution in [1.29, 1.82) is 0 Å². The van der Waals surface area contributed by atoms with E-state index in [-0.39, 0.29) is 23.6 Å². The Labute approximate surface area is 123 Å². The lowest BCUT2D eigenvalue weighted by atomic mass is 9.75. The van der Waals surface area contributed by atoms with Crippen LogP contribution < -0.4 is 4.74 Å². The Balaban J connectivity index is 2.37. The van der Waals surface area contributed by atoms with Gasteiger partial charge in [0.05, 0.1) is 19.6 Å². The maximum atomic E-state index is 13.9. The molecule has 0 aliphatic heterocycles. The van der Waals surface area contributed by atoms with E-state index in [1.54, 1.807) is 6.92 Å². The summed E-state index contributed by atoms with van der Waals surface area (Å²) in [6.07, 6.45) is 3.32. The second-order valence-electron chi connectivity index (χ2n) is 5.23. The first-order valence-corrected chi connectivity index (χ1v) is 7.28. The number of carbonyl (C=O) groups excluding carboxylic acids is 1. The molecule has 2 rings (SSSR count). The first kappa shape index (κ1) is 15.7. The van der Waals surface area contributed by atoms with Crippen LogP contribution in [0, 0.1) is 17.6 Å². The first-order valence-electron chi connectivity index (χ1n) is 7.28. The third-order valence-electron chi connectivity index (χ3n) is 4.04. The number of ether oxygens (including phenoxy) is 2. The molecule has 0 aromatic heterocycles. The molecule has 1 aromatic carbocycles. The molecule has 0 radical (unpaired) electrons. The molecule has 0 heterocycles. The molecule has 0 bridgehead atoms. The number of methoxy groups -OCH3 is 1. The number of carbonyl (C=O) groups is 1. The summed E-state index contributed by atoms with van der Waals surface area (Å²) < 4.78 is 37.4. The fourth-order valence-corrected chi connectivity index (χ4v) is 3.08. The molecule has 2 unspecified atom stereocenters. The second kappa shape index (κ2) is 6.87. The van der Waals surface area contributed by atoms with Gasteiger partial charge in [-0.2, -0.15) is 4.39 Å². The van der Waals surface area contributed by atoms with E-state index in [1.807, 2.05) is 0 Å². The van der Waals surface area contributed by atoms with Crippen LogP contribution in [0.3, 0.4) is 0 Å². The molecule has 0 spiro atoms. The molecule has 116 valence electrons. The summed E-state index contributed by atoms with van der Waals surface area (Å²) in [5.74, 6) is -2.83. The lowest BCUT2D eigenvalue weighted by molar-refractivity contribution is -0.149. The van der Waals surface area contributed by atoms with Crippen molar-refractivity contribution in [2.75, 3.05) is 13.7 Å². The molecule has 1 aliphatic rings. The second-order valence-corrected chi connectivity index (χ2v) is 5.23. The molecule has 3 nitrogen and oxygen atoms in total. The van der Waals surface area contributed by atoms with Crippen molar-refractivity contribution in [3.05, 3.63) is 29.3 Å². The highest BCUT2D eigenvalue weighted by Gasteiger charge is 2.35. The minimum absolute atomic E-state index is 0.101. The molecule has 0 amide bonds. The van der Waals surface area contributed by atoms with Crippen molar-refractivity contribution in [1.82, 2.24) is 0 Å². The molecule has 1 aromatic rings. The molecule has 1 aliphatic carbocycles. The lowest BCUT2D eigenvalue weighted by Gasteiger charge is -2.31. The Morgan fingerprint density at radius 2 is 2.00 bits per heavy atom. The first-order chi connectivity index (χ1) is 10.1. The van der Waals surface area contributed by atoms with E-state index < -0.39 is 11.6 Å². The van der Waals surface area contributed by atoms with Crippen molar-refractivity contribution in [3.8, 4) is 5.75 Å². The van der Waals surface area contributed by atoms with Gasteiger partial charge >= 0.3 is 5.97 Å². The van der Waals surface area contributed by atoms with Crippen molar-refractivity contribution >= 4 is 5.97 Å². The predicted octanol–water partition coefficient (Wildman–Crippen LogP) is 3.81. The highest BCUT2D eigenvalue weighted by Crippen LogP contribution is 2.43. The monoisotopic (exact) mass is 298 g/mol. The zero-order valence-electron chi connectivity index (χ0n) is 12.3. The zero-order valence-corrected chi connectivity index (χ0v) is 12.3. The Hall–Kier alpha value is -1.65. The lowest BCUT2D eigenvalue weighted by Crippen LogP contribution is -2.28. The third-order valence-corrected chi connectivity index (χ3v) is 4.04. The molecule has 1 fully saturated rings. The highest BCUT2D eigenvalue weighted by atomic mass is 19.2. The largest absolute Gasteiger partial charge is 0.493 e. The quantitative estimate of drug-likeness (QED) is 0.793. The van der Waals surface area contributed by atoms with Crippen molar-refractivity contribution in [2.24, 2.45) is 5.92 Å². The van der Waals surface area contributed by atoms with E-state index in [0.717, 1.165) is 25.3 Å². The standard InChI is InChI=1S/C16H20F2O3/c1-3-21-16(19)12-7-5-4-6-10(12)11-8-9-13(17)14(18)15(11)20-2/h8-10,12H,3-7H2,1-2H3. The van der Waals surface area contributed by atoms with Crippen molar-refractivity contribution in [3.63, 3.8) is 0 Å². The van der Waals surface area contributed by atoms with Crippen LogP contribution in [0.1, 0.15) is 44.1 Å². The minimum atomic E-state index is -0.997. The Bertz CT molecular complexity index is 516. The van der Waals surface area contributed by atoms with Gasteiger partial charge in [-0.05, 0) is 25.8 Å². The molecule has 0 saturated heterocycles. The van der Waals surface area contributed by atoms with E-state index in [4.69, 9.17) is 9.47 Å². The molecular formula is C16H20F2O3. The summed E-state index contributed by atoms with van der Waals surface area (Å²) in [5.41, 5.74) is 0.550. The number of rotatable bonds is 4. The van der Waals surface area contributed by atoms with E-state index in [0.29, 0.717) is 18.6 Å². The van der Waals surface area contributed by atoms with Gasteiger partial charge in [-0.25, -0.2) is 4.39 Å². The summed E-state index contributed by atoms with van der Waals surface area (Å²) in [7, 11) is 1.31. The third kappa shape index (κ3) is 3.17. The number of hydrogen-bond donors (Lipinski definition) is 0. The van der Waals surface area contributed by atoms with Gasteiger partial charge in [0.15, 0.2) is 11.6 Å². The van der Waals surface area contributed by atoms with Crippen molar-refractivity contribution < 1.29 is 23.0 Å². The average Bonchev–Trinajstić information content (AvgIpc) is 2.50. The number of hydrogen-bond acceptors (Lipinski definition) is 3. The van der Waals surface area contributed by atoms with Crippen LogP contribution in [0.2, 0.25) is 0 Å². The van der Waals surface area contributed by atoms with Crippen LogP contribution >= 0.6 is 0 Å². The summed E-state index contributed by atoms with van der Waals surface area (Å²) in [5, 5.41) is 0. The van der Waals surface area contributed by atoms with E-state index >= 15 is 0 Å². The SMILES string of the molecule is CCOC(=O)C1CCCCC1c1ccc(F)c(F)c1OC. The Morgan fingerprint density at radius 3 is 2.67 bits per heavy atom. The fraction of sp³-hybridized carbons (Fsp3) is 0.562. The summed E-state index contributed by atoms with van der Waals surface area (Å²) in [4.78, 5) is 12.1. The van der Waals surface area contributed by atoms with E-state index in [1.165, 1.54) is 13.2 Å². The number of benzene rings is 1. The molecule has 0 N–H and O–H groups in total. The molecule has 1 saturated carbocycles. The fourth-order valence-electron chi connectivity index (χ4n) is 3.08. The smallest absolute Gasteiger partial charge is 0.309 e. The van der Waals surface area contributed by atoms with Gasteiger partial charge in [0.25, 0.3) is 0 Å². The molecular weight excluding hydrogens is 278 g/mol. The van der Waals surface area contributed by atoms with E-state index in [2.05, 4.69) is 0 Å². The average molecular weight is 298 g/mol. The van der Waals surface area contributed by atoms with Gasteiger partial charge in [-0.1, -0.05) is 18.9 Å². The van der Waals surface area contributed by atoms with Crippen LogP contribution in [0.5, 0.6) is 5.75 Å². The minimum Gasteiger partial charge on any atom is -0.493 e. The van der Waals surface area contributed by atoms with Gasteiger partial charge in [-0.15, -0.1) is 0 Å². The Kier molecular flexibility index (Phi) is 5.15. The van der Waals surface area contributed by atoms with Crippen molar-refractivity contribution in [2.45, 2.75) is 38.5 Å². The molecule has 21 heavy (non-hydrogen) atoms. The van der Waals surface area contributed by atoms with Crippen LogP contribution in [0.25, 0.3) is 0 Å². The van der Waals surface area contributed by atoms with Crippen LogP contribution in [0.4, 0.5) is 8.78 Å². The van der Waals surface area contributed by atoms with E-state index in [9.17, 15) is 13.6 Å². The predicted molar refractivity (Wildman–Crippen MR) is 74.2 cm³/mol. The van der Waals surface area contributed by atoms with Gasteiger partial charge in [-0.3, -0.25) is 4.79 Å². The topological polar surface area (TPSA) is 35.5 Å². The number of esters is 1. The summed E-state index contributed by atoms with van der Waals surface area (Å²) >= 11 is 0. The van der Waals surface area contributed by atoms with Gasteiger partial charge in [0.2, 0.25) is 5.82 Å².